The molecule has 1 amide bonds. The molecule has 1 aliphatic heterocycles. The van der Waals surface area contributed by atoms with Crippen LogP contribution in [0.5, 0.6) is 0 Å². The van der Waals surface area contributed by atoms with Crippen molar-refractivity contribution in [1.29, 1.82) is 0 Å². The van der Waals surface area contributed by atoms with Gasteiger partial charge in [-0.2, -0.15) is 0 Å². The maximum absolute atomic E-state index is 12.9. The van der Waals surface area contributed by atoms with Crippen molar-refractivity contribution in [2.45, 2.75) is 30.6 Å². The Bertz CT molecular complexity index is 892. The third-order valence-corrected chi connectivity index (χ3v) is 5.20. The van der Waals surface area contributed by atoms with Crippen molar-refractivity contribution in [3.05, 3.63) is 34.6 Å². The topological polar surface area (TPSA) is 99.5 Å². The average molecular weight is 391 g/mol. The number of amides is 1. The van der Waals surface area contributed by atoms with Crippen LogP contribution in [0.1, 0.15) is 12.8 Å². The zero-order chi connectivity index (χ0) is 19.2. The van der Waals surface area contributed by atoms with Crippen molar-refractivity contribution in [1.82, 2.24) is 14.9 Å². The summed E-state index contributed by atoms with van der Waals surface area (Å²) >= 11 is 1.16. The molecule has 27 heavy (non-hydrogen) atoms. The van der Waals surface area contributed by atoms with Crippen molar-refractivity contribution in [2.24, 2.45) is 0 Å². The van der Waals surface area contributed by atoms with Crippen LogP contribution in [-0.2, 0) is 25.6 Å². The first-order valence-electron chi connectivity index (χ1n) is 8.66. The minimum atomic E-state index is -0.521. The summed E-state index contributed by atoms with van der Waals surface area (Å²) in [5.74, 6) is -0.822. The summed E-state index contributed by atoms with van der Waals surface area (Å²) in [4.78, 5) is 40.6. The first-order valence-corrected chi connectivity index (χ1v) is 9.64. The van der Waals surface area contributed by atoms with Crippen molar-refractivity contribution in [3.63, 3.8) is 0 Å². The number of aromatic nitrogens is 2. The lowest BCUT2D eigenvalue weighted by atomic mass is 10.2. The van der Waals surface area contributed by atoms with Crippen LogP contribution in [0.2, 0.25) is 0 Å². The van der Waals surface area contributed by atoms with Gasteiger partial charge in [-0.15, -0.1) is 0 Å². The van der Waals surface area contributed by atoms with E-state index in [0.717, 1.165) is 24.6 Å². The molecule has 144 valence electrons. The summed E-state index contributed by atoms with van der Waals surface area (Å²) < 4.78 is 11.7. The molecule has 1 aromatic carbocycles. The molecule has 0 aliphatic carbocycles. The van der Waals surface area contributed by atoms with Crippen LogP contribution in [0.15, 0.2) is 34.2 Å². The van der Waals surface area contributed by atoms with E-state index in [1.54, 1.807) is 22.8 Å². The van der Waals surface area contributed by atoms with Crippen LogP contribution in [-0.4, -0.2) is 53.5 Å². The molecule has 0 unspecified atom stereocenters. The Balaban J connectivity index is 1.80. The third kappa shape index (κ3) is 4.86. The number of hydrogen-bond acceptors (Lipinski definition) is 7. The molecular weight excluding hydrogens is 370 g/mol. The summed E-state index contributed by atoms with van der Waals surface area (Å²) in [5.41, 5.74) is 0.442. The molecule has 2 heterocycles. The molecule has 1 saturated heterocycles. The number of nitrogens with zero attached hydrogens (tertiary/aromatic N) is 2. The summed E-state index contributed by atoms with van der Waals surface area (Å²) in [6, 6.07) is 7.13. The van der Waals surface area contributed by atoms with Crippen molar-refractivity contribution < 1.29 is 19.1 Å². The second kappa shape index (κ2) is 9.01. The van der Waals surface area contributed by atoms with Crippen molar-refractivity contribution in [3.8, 4) is 0 Å². The molecule has 0 spiro atoms. The highest BCUT2D eigenvalue weighted by Gasteiger charge is 2.20. The van der Waals surface area contributed by atoms with Gasteiger partial charge in [0, 0.05) is 6.61 Å². The van der Waals surface area contributed by atoms with Crippen LogP contribution < -0.4 is 10.9 Å². The van der Waals surface area contributed by atoms with Gasteiger partial charge in [0.25, 0.3) is 5.56 Å². The number of methoxy groups -OCH3 is 1. The highest BCUT2D eigenvalue weighted by atomic mass is 32.2. The third-order valence-electron chi connectivity index (χ3n) is 4.23. The standard InChI is InChI=1S/C18H21N3O5S/c1-25-16(23)9-19-15(22)11-27-18-20-14-7-3-2-6-13(14)17(24)21(18)10-12-5-4-8-26-12/h2-3,6-7,12H,4-5,8-11H2,1H3,(H,19,22)/t12-/m0/s1. The van der Waals surface area contributed by atoms with Crippen LogP contribution in [0.3, 0.4) is 0 Å². The van der Waals surface area contributed by atoms with Gasteiger partial charge >= 0.3 is 5.97 Å². The number of rotatable bonds is 7. The number of hydrogen-bond donors (Lipinski definition) is 1. The lowest BCUT2D eigenvalue weighted by Crippen LogP contribution is -2.32. The molecule has 0 bridgehead atoms. The Hall–Kier alpha value is -2.39. The maximum Gasteiger partial charge on any atom is 0.325 e. The van der Waals surface area contributed by atoms with Gasteiger partial charge in [-0.05, 0) is 25.0 Å². The first kappa shape index (κ1) is 19.4. The normalized spacial score (nSPS) is 16.4. The molecule has 1 atom stereocenters. The van der Waals surface area contributed by atoms with Gasteiger partial charge < -0.3 is 14.8 Å². The number of benzene rings is 1. The Morgan fingerprint density at radius 1 is 1.41 bits per heavy atom. The van der Waals surface area contributed by atoms with Crippen LogP contribution in [0.25, 0.3) is 10.9 Å². The summed E-state index contributed by atoms with van der Waals surface area (Å²) in [6.45, 7) is 0.908. The number of para-hydroxylation sites is 1. The van der Waals surface area contributed by atoms with E-state index in [0.29, 0.717) is 29.2 Å². The van der Waals surface area contributed by atoms with Gasteiger partial charge in [0.05, 0.1) is 36.4 Å². The SMILES string of the molecule is COC(=O)CNC(=O)CSc1nc2ccccc2c(=O)n1C[C@@H]1CCCO1. The fourth-order valence-corrected chi connectivity index (χ4v) is 3.67. The zero-order valence-electron chi connectivity index (χ0n) is 15.0. The minimum absolute atomic E-state index is 0.0295. The fourth-order valence-electron chi connectivity index (χ4n) is 2.83. The largest absolute Gasteiger partial charge is 0.468 e. The van der Waals surface area contributed by atoms with E-state index in [-0.39, 0.29) is 29.9 Å². The van der Waals surface area contributed by atoms with Gasteiger partial charge in [0.1, 0.15) is 6.54 Å². The highest BCUT2D eigenvalue weighted by molar-refractivity contribution is 7.99. The van der Waals surface area contributed by atoms with Crippen LogP contribution >= 0.6 is 11.8 Å². The molecule has 1 N–H and O–H groups in total. The minimum Gasteiger partial charge on any atom is -0.468 e. The fraction of sp³-hybridized carbons (Fsp3) is 0.444. The second-order valence-electron chi connectivity index (χ2n) is 6.10. The Morgan fingerprint density at radius 3 is 2.96 bits per heavy atom. The summed E-state index contributed by atoms with van der Waals surface area (Å²) in [5, 5.41) is 3.47. The van der Waals surface area contributed by atoms with Gasteiger partial charge in [0.15, 0.2) is 5.16 Å². The van der Waals surface area contributed by atoms with Crippen molar-refractivity contribution in [2.75, 3.05) is 26.0 Å². The number of carbonyl (C=O) groups is 2. The second-order valence-corrected chi connectivity index (χ2v) is 7.05. The number of ether oxygens (including phenoxy) is 2. The van der Waals surface area contributed by atoms with E-state index in [1.165, 1.54) is 7.11 Å². The molecule has 1 aromatic heterocycles. The maximum atomic E-state index is 12.9. The number of thioether (sulfide) groups is 1. The molecule has 0 saturated carbocycles. The van der Waals surface area contributed by atoms with Gasteiger partial charge in [-0.25, -0.2) is 4.98 Å². The molecule has 1 fully saturated rings. The number of fused-ring (bicyclic) bond motifs is 1. The highest BCUT2D eigenvalue weighted by Crippen LogP contribution is 2.20. The van der Waals surface area contributed by atoms with E-state index in [4.69, 9.17) is 4.74 Å². The molecule has 8 nitrogen and oxygen atoms in total. The van der Waals surface area contributed by atoms with E-state index in [9.17, 15) is 14.4 Å². The number of carbonyl (C=O) groups excluding carboxylic acids is 2. The Labute approximate surface area is 160 Å². The lowest BCUT2D eigenvalue weighted by Gasteiger charge is -2.16. The Kier molecular flexibility index (Phi) is 6.46. The molecule has 3 rings (SSSR count). The molecule has 1 aliphatic rings. The zero-order valence-corrected chi connectivity index (χ0v) is 15.8. The predicted octanol–water partition coefficient (Wildman–Crippen LogP) is 0.957. The summed E-state index contributed by atoms with van der Waals surface area (Å²) in [7, 11) is 1.26. The number of esters is 1. The number of nitrogens with one attached hydrogen (secondary N) is 1. The van der Waals surface area contributed by atoms with Gasteiger partial charge in [0.2, 0.25) is 5.91 Å². The van der Waals surface area contributed by atoms with Gasteiger partial charge in [-0.3, -0.25) is 19.0 Å². The van der Waals surface area contributed by atoms with E-state index < -0.39 is 5.97 Å². The molecule has 2 aromatic rings. The average Bonchev–Trinajstić information content (AvgIpc) is 3.20. The molecule has 9 heteroatoms. The predicted molar refractivity (Wildman–Crippen MR) is 101 cm³/mol. The Morgan fingerprint density at radius 2 is 2.22 bits per heavy atom. The monoisotopic (exact) mass is 391 g/mol. The van der Waals surface area contributed by atoms with Crippen LogP contribution in [0.4, 0.5) is 0 Å². The first-order chi connectivity index (χ1) is 13.1. The van der Waals surface area contributed by atoms with E-state index >= 15 is 0 Å². The molecule has 0 radical (unpaired) electrons. The van der Waals surface area contributed by atoms with Crippen LogP contribution in [0, 0.1) is 0 Å². The van der Waals surface area contributed by atoms with E-state index in [2.05, 4.69) is 15.0 Å². The van der Waals surface area contributed by atoms with Gasteiger partial charge in [-0.1, -0.05) is 23.9 Å². The quantitative estimate of drug-likeness (QED) is 0.426. The summed E-state index contributed by atoms with van der Waals surface area (Å²) in [6.07, 6.45) is 1.83. The smallest absolute Gasteiger partial charge is 0.325 e. The lowest BCUT2D eigenvalue weighted by molar-refractivity contribution is -0.140. The van der Waals surface area contributed by atoms with Crippen molar-refractivity contribution >= 4 is 34.5 Å². The van der Waals surface area contributed by atoms with E-state index in [1.807, 2.05) is 6.07 Å². The molecular formula is C18H21N3O5S.